The van der Waals surface area contributed by atoms with Gasteiger partial charge in [0.25, 0.3) is 5.91 Å². The molecule has 0 spiro atoms. The number of carboxylic acids is 1. The van der Waals surface area contributed by atoms with Gasteiger partial charge < -0.3 is 30.2 Å². The molecule has 3 saturated carbocycles. The highest BCUT2D eigenvalue weighted by molar-refractivity contribution is 5.90. The zero-order chi connectivity index (χ0) is 38.4. The van der Waals surface area contributed by atoms with Crippen LogP contribution in [-0.2, 0) is 14.3 Å². The number of ether oxygens (including phenoxy) is 2. The summed E-state index contributed by atoms with van der Waals surface area (Å²) in [6, 6.07) is -0.282. The molecule has 52 heavy (non-hydrogen) atoms. The predicted octanol–water partition coefficient (Wildman–Crippen LogP) is 7.30. The zero-order valence-corrected chi connectivity index (χ0v) is 34.2. The van der Waals surface area contributed by atoms with Crippen molar-refractivity contribution in [3.63, 3.8) is 0 Å². The lowest BCUT2D eigenvalue weighted by atomic mass is 9.34. The lowest BCUT2D eigenvalue weighted by Crippen LogP contribution is -2.69. The molecule has 1 aromatic heterocycles. The van der Waals surface area contributed by atoms with E-state index >= 15 is 0 Å². The molecule has 4 N–H and O–H groups in total. The Bertz CT molecular complexity index is 1570. The Balaban J connectivity index is 1.47. The molecule has 1 aliphatic heterocycles. The van der Waals surface area contributed by atoms with Gasteiger partial charge in [-0.15, -0.1) is 10.2 Å². The third-order valence-corrected chi connectivity index (χ3v) is 16.5. The first-order valence-corrected chi connectivity index (χ1v) is 20.2. The van der Waals surface area contributed by atoms with Crippen molar-refractivity contribution in [2.75, 3.05) is 19.8 Å². The number of nitrogens with two attached hydrogens (primary N) is 1. The van der Waals surface area contributed by atoms with Crippen LogP contribution in [0.5, 0.6) is 0 Å². The average molecular weight is 724 g/mol. The minimum Gasteiger partial charge on any atom is -0.481 e. The smallest absolute Gasteiger partial charge is 0.307 e. The molecule has 0 radical (unpaired) electrons. The van der Waals surface area contributed by atoms with E-state index in [1.807, 2.05) is 18.4 Å². The summed E-state index contributed by atoms with van der Waals surface area (Å²) in [5, 5.41) is 22.8. The van der Waals surface area contributed by atoms with E-state index in [-0.39, 0.29) is 63.5 Å². The number of carboxylic acid groups (broad SMARTS) is 1. The van der Waals surface area contributed by atoms with Gasteiger partial charge in [0.05, 0.1) is 37.9 Å². The molecule has 4 fully saturated rings. The Labute approximate surface area is 312 Å². The SMILES string of the molecule is CC(C)NC(=O)c1nncn1[C@@H]1CC23COC[C@@](C)([C@@H]2CC[C@H]2C3=CC[C@@]3(C)[C@H](C(=O)O)[C@@](C)([C@H](C)C(C)C)CC[C@]23C)[C@H]1OC[C@](C)(N)C(C)C. The molecule has 2 heterocycles. The minimum atomic E-state index is -0.647. The summed E-state index contributed by atoms with van der Waals surface area (Å²) in [4.78, 5) is 27.1. The normalized spacial score (nSPS) is 41.8. The monoisotopic (exact) mass is 724 g/mol. The van der Waals surface area contributed by atoms with Crippen LogP contribution in [0.25, 0.3) is 0 Å². The Morgan fingerprint density at radius 3 is 2.38 bits per heavy atom. The minimum absolute atomic E-state index is 0.0506. The lowest BCUT2D eigenvalue weighted by Gasteiger charge is -2.71. The van der Waals surface area contributed by atoms with Crippen LogP contribution in [0, 0.1) is 62.6 Å². The van der Waals surface area contributed by atoms with Gasteiger partial charge in [-0.1, -0.05) is 74.0 Å². The van der Waals surface area contributed by atoms with Crippen molar-refractivity contribution in [2.45, 2.75) is 145 Å². The third kappa shape index (κ3) is 5.65. The molecule has 12 atom stereocenters. The average Bonchev–Trinajstić information content (AvgIpc) is 3.54. The fourth-order valence-electron chi connectivity index (χ4n) is 12.6. The molecule has 1 unspecified atom stereocenters. The van der Waals surface area contributed by atoms with Gasteiger partial charge >= 0.3 is 5.97 Å². The van der Waals surface area contributed by atoms with Crippen LogP contribution in [0.3, 0.4) is 0 Å². The van der Waals surface area contributed by atoms with Gasteiger partial charge in [-0.05, 0) is 105 Å². The molecule has 292 valence electrons. The van der Waals surface area contributed by atoms with E-state index in [2.05, 4.69) is 90.8 Å². The molecular weight excluding hydrogens is 654 g/mol. The fraction of sp³-hybridized carbons (Fsp3) is 0.857. The number of hydrogen-bond donors (Lipinski definition) is 3. The molecule has 5 aliphatic rings. The Hall–Kier alpha value is -2.30. The second-order valence-electron chi connectivity index (χ2n) is 20.2. The van der Waals surface area contributed by atoms with Gasteiger partial charge in [-0.2, -0.15) is 0 Å². The van der Waals surface area contributed by atoms with E-state index in [1.165, 1.54) is 5.57 Å². The number of allylic oxidation sites excluding steroid dienone is 1. The Morgan fingerprint density at radius 2 is 1.77 bits per heavy atom. The number of fused-ring (bicyclic) bond motifs is 3. The number of aromatic nitrogens is 3. The van der Waals surface area contributed by atoms with Crippen molar-refractivity contribution in [1.82, 2.24) is 20.1 Å². The van der Waals surface area contributed by atoms with Crippen molar-refractivity contribution in [3.05, 3.63) is 23.8 Å². The van der Waals surface area contributed by atoms with Crippen LogP contribution in [0.4, 0.5) is 0 Å². The van der Waals surface area contributed by atoms with Crippen molar-refractivity contribution in [2.24, 2.45) is 68.3 Å². The van der Waals surface area contributed by atoms with Crippen molar-refractivity contribution >= 4 is 11.9 Å². The molecule has 10 nitrogen and oxygen atoms in total. The van der Waals surface area contributed by atoms with Gasteiger partial charge in [0, 0.05) is 22.4 Å². The topological polar surface area (TPSA) is 142 Å². The molecule has 6 rings (SSSR count). The zero-order valence-electron chi connectivity index (χ0n) is 34.2. The van der Waals surface area contributed by atoms with Crippen LogP contribution in [0.2, 0.25) is 0 Å². The lowest BCUT2D eigenvalue weighted by molar-refractivity contribution is -0.251. The second kappa shape index (κ2) is 13.2. The fourth-order valence-corrected chi connectivity index (χ4v) is 12.6. The summed E-state index contributed by atoms with van der Waals surface area (Å²) in [5.41, 5.74) is 6.19. The van der Waals surface area contributed by atoms with Crippen LogP contribution in [0.15, 0.2) is 18.0 Å². The van der Waals surface area contributed by atoms with Gasteiger partial charge in [-0.3, -0.25) is 9.59 Å². The number of nitrogens with zero attached hydrogens (tertiary/aromatic N) is 3. The number of carbonyl (C=O) groups excluding carboxylic acids is 1. The van der Waals surface area contributed by atoms with Gasteiger partial charge in [0.15, 0.2) is 0 Å². The highest BCUT2D eigenvalue weighted by Gasteiger charge is 2.72. The third-order valence-electron chi connectivity index (χ3n) is 16.5. The maximum absolute atomic E-state index is 13.6. The summed E-state index contributed by atoms with van der Waals surface area (Å²) in [6.45, 7) is 27.8. The summed E-state index contributed by atoms with van der Waals surface area (Å²) in [7, 11) is 0. The molecular formula is C42H69N5O5. The van der Waals surface area contributed by atoms with Crippen LogP contribution in [-0.4, -0.2) is 69.3 Å². The van der Waals surface area contributed by atoms with Crippen LogP contribution in [0.1, 0.15) is 138 Å². The molecule has 10 heteroatoms. The van der Waals surface area contributed by atoms with Crippen LogP contribution < -0.4 is 11.1 Å². The largest absolute Gasteiger partial charge is 0.481 e. The van der Waals surface area contributed by atoms with E-state index in [0.717, 1.165) is 38.5 Å². The standard InChI is InChI=1S/C42H69N5O5/c1-24(2)27(7)37(8)17-18-39(10)28-13-14-31-38(9)20-51-22-42(31,29(28)15-16-40(39,11)32(37)36(49)50)19-30(33(38)52-21-41(12,43)25(3)4)47-23-44-46-34(47)35(48)45-26(5)6/h15,23-28,30-33H,13-14,16-22,43H2,1-12H3,(H,45,48)(H,49,50)/t27-,28+,30-,31+,32-,33+,37-,38+,39-,40+,41+,42?/m1/s1. The summed E-state index contributed by atoms with van der Waals surface area (Å²) < 4.78 is 15.8. The highest BCUT2D eigenvalue weighted by Crippen LogP contribution is 2.75. The maximum Gasteiger partial charge on any atom is 0.307 e. The van der Waals surface area contributed by atoms with Gasteiger partial charge in [-0.25, -0.2) is 0 Å². The quantitative estimate of drug-likeness (QED) is 0.214. The number of amides is 1. The van der Waals surface area contributed by atoms with E-state index in [0.29, 0.717) is 37.5 Å². The first-order valence-electron chi connectivity index (χ1n) is 20.2. The molecule has 1 saturated heterocycles. The first kappa shape index (κ1) is 39.4. The second-order valence-corrected chi connectivity index (χ2v) is 20.2. The first-order chi connectivity index (χ1) is 24.1. The molecule has 1 aromatic rings. The number of hydrogen-bond acceptors (Lipinski definition) is 7. The van der Waals surface area contributed by atoms with Crippen LogP contribution >= 0.6 is 0 Å². The summed E-state index contributed by atoms with van der Waals surface area (Å²) in [5.74, 6) is 0.390. The molecule has 0 aromatic carbocycles. The summed E-state index contributed by atoms with van der Waals surface area (Å²) in [6.07, 6.45) is 9.30. The number of nitrogens with one attached hydrogen (secondary N) is 1. The van der Waals surface area contributed by atoms with Crippen molar-refractivity contribution in [1.29, 1.82) is 0 Å². The number of rotatable bonds is 10. The van der Waals surface area contributed by atoms with E-state index in [4.69, 9.17) is 15.2 Å². The molecule has 1 amide bonds. The van der Waals surface area contributed by atoms with E-state index in [9.17, 15) is 14.7 Å². The Morgan fingerprint density at radius 1 is 1.08 bits per heavy atom. The Kier molecular flexibility index (Phi) is 9.98. The molecule has 2 bridgehead atoms. The predicted molar refractivity (Wildman–Crippen MR) is 202 cm³/mol. The number of aliphatic carboxylic acids is 1. The maximum atomic E-state index is 13.6. The van der Waals surface area contributed by atoms with E-state index in [1.54, 1.807) is 6.33 Å². The van der Waals surface area contributed by atoms with Gasteiger partial charge in [0.2, 0.25) is 5.82 Å². The molecule has 4 aliphatic carbocycles. The van der Waals surface area contributed by atoms with Crippen molar-refractivity contribution in [3.8, 4) is 0 Å². The summed E-state index contributed by atoms with van der Waals surface area (Å²) >= 11 is 0. The van der Waals surface area contributed by atoms with Gasteiger partial charge in [0.1, 0.15) is 6.33 Å². The van der Waals surface area contributed by atoms with E-state index < -0.39 is 22.8 Å². The van der Waals surface area contributed by atoms with Crippen molar-refractivity contribution < 1.29 is 24.2 Å². The number of carbonyl (C=O) groups is 2. The highest BCUT2D eigenvalue weighted by atomic mass is 16.5.